The molecule has 1 atom stereocenters. The monoisotopic (exact) mass is 473 g/mol. The number of rotatable bonds is 9. The Morgan fingerprint density at radius 1 is 1.12 bits per heavy atom. The van der Waals surface area contributed by atoms with Crippen molar-refractivity contribution in [2.45, 2.75) is 18.9 Å². The molecule has 1 fully saturated rings. The lowest BCUT2D eigenvalue weighted by Gasteiger charge is -2.32. The highest BCUT2D eigenvalue weighted by molar-refractivity contribution is 5.90. The zero-order chi connectivity index (χ0) is 22.9. The number of carbonyl (C=O) groups is 2. The van der Waals surface area contributed by atoms with Crippen LogP contribution in [0.25, 0.3) is 6.08 Å². The van der Waals surface area contributed by atoms with Crippen molar-refractivity contribution in [2.75, 3.05) is 33.3 Å². The van der Waals surface area contributed by atoms with E-state index in [9.17, 15) is 19.7 Å². The molecule has 1 aliphatic heterocycles. The first-order valence-corrected chi connectivity index (χ1v) is 10.6. The molecule has 9 heteroatoms. The second-order valence-electron chi connectivity index (χ2n) is 7.70. The van der Waals surface area contributed by atoms with E-state index >= 15 is 0 Å². The summed E-state index contributed by atoms with van der Waals surface area (Å²) in [7, 11) is 1.72. The summed E-state index contributed by atoms with van der Waals surface area (Å²) in [5.74, 6) is -1.05. The van der Waals surface area contributed by atoms with Crippen molar-refractivity contribution in [3.8, 4) is 0 Å². The Hall–Kier alpha value is -3.23. The molecule has 1 aliphatic rings. The maximum Gasteiger partial charge on any atom is 0.331 e. The third-order valence-corrected chi connectivity index (χ3v) is 5.55. The van der Waals surface area contributed by atoms with Gasteiger partial charge in [0.05, 0.1) is 16.5 Å². The largest absolute Gasteiger partial charge is 0.452 e. The molecule has 2 aromatic carbocycles. The number of para-hydroxylation sites is 1. The van der Waals surface area contributed by atoms with Crippen LogP contribution in [-0.4, -0.2) is 59.9 Å². The van der Waals surface area contributed by atoms with E-state index in [1.54, 1.807) is 24.1 Å². The van der Waals surface area contributed by atoms with Gasteiger partial charge in [0.1, 0.15) is 0 Å². The number of esters is 1. The zero-order valence-corrected chi connectivity index (χ0v) is 19.3. The van der Waals surface area contributed by atoms with E-state index in [1.165, 1.54) is 18.2 Å². The molecule has 0 aliphatic carbocycles. The zero-order valence-electron chi connectivity index (χ0n) is 18.5. The van der Waals surface area contributed by atoms with Crippen molar-refractivity contribution in [3.63, 3.8) is 0 Å². The number of likely N-dealkylation sites (tertiary alicyclic amines) is 1. The Morgan fingerprint density at radius 2 is 1.76 bits per heavy atom. The van der Waals surface area contributed by atoms with Gasteiger partial charge in [-0.1, -0.05) is 42.5 Å². The molecule has 0 aromatic heterocycles. The molecule has 176 valence electrons. The number of nitrogens with zero attached hydrogens (tertiary/aromatic N) is 3. The fraction of sp³-hybridized carbons (Fsp3) is 0.333. The molecule has 0 radical (unpaired) electrons. The quantitative estimate of drug-likeness (QED) is 0.237. The summed E-state index contributed by atoms with van der Waals surface area (Å²) in [5.41, 5.74) is 1.20. The third-order valence-electron chi connectivity index (χ3n) is 5.55. The van der Waals surface area contributed by atoms with Crippen molar-refractivity contribution in [3.05, 3.63) is 81.9 Å². The minimum atomic E-state index is -0.735. The van der Waals surface area contributed by atoms with E-state index in [2.05, 4.69) is 4.90 Å². The molecule has 0 N–H and O–H groups in total. The molecule has 2 aromatic rings. The predicted molar refractivity (Wildman–Crippen MR) is 128 cm³/mol. The van der Waals surface area contributed by atoms with Crippen molar-refractivity contribution < 1.29 is 19.2 Å². The summed E-state index contributed by atoms with van der Waals surface area (Å²) in [6, 6.07) is 15.7. The summed E-state index contributed by atoms with van der Waals surface area (Å²) in [5, 5.41) is 11.1. The van der Waals surface area contributed by atoms with Gasteiger partial charge < -0.3 is 14.5 Å². The number of ether oxygens (including phenoxy) is 1. The Balaban J connectivity index is 0.00000385. The molecular formula is C24H28ClN3O5. The highest BCUT2D eigenvalue weighted by atomic mass is 35.5. The van der Waals surface area contributed by atoms with Gasteiger partial charge in [0.25, 0.3) is 11.6 Å². The normalized spacial score (nSPS) is 14.5. The summed E-state index contributed by atoms with van der Waals surface area (Å²) in [6.45, 7) is 2.34. The topological polar surface area (TPSA) is 93.0 Å². The molecular weight excluding hydrogens is 446 g/mol. The van der Waals surface area contributed by atoms with Gasteiger partial charge in [-0.3, -0.25) is 14.9 Å². The number of hydrogen-bond acceptors (Lipinski definition) is 6. The second kappa shape index (κ2) is 12.7. The Morgan fingerprint density at radius 3 is 2.42 bits per heavy atom. The first kappa shape index (κ1) is 26.0. The van der Waals surface area contributed by atoms with Crippen LogP contribution >= 0.6 is 12.4 Å². The Bertz CT molecular complexity index is 977. The van der Waals surface area contributed by atoms with Crippen LogP contribution in [0, 0.1) is 10.1 Å². The fourth-order valence-electron chi connectivity index (χ4n) is 3.75. The number of nitro benzene ring substituents is 1. The summed E-state index contributed by atoms with van der Waals surface area (Å²) in [6.07, 6.45) is 4.72. The molecule has 0 unspecified atom stereocenters. The van der Waals surface area contributed by atoms with E-state index in [-0.39, 0.29) is 35.6 Å². The lowest BCUT2D eigenvalue weighted by atomic mass is 10.0. The average Bonchev–Trinajstić information content (AvgIpc) is 3.33. The number of carbonyl (C=O) groups excluding carboxylic acids is 2. The van der Waals surface area contributed by atoms with Gasteiger partial charge >= 0.3 is 5.97 Å². The van der Waals surface area contributed by atoms with Crippen LogP contribution < -0.4 is 0 Å². The van der Waals surface area contributed by atoms with Crippen LogP contribution in [0.4, 0.5) is 5.69 Å². The highest BCUT2D eigenvalue weighted by Crippen LogP contribution is 2.23. The standard InChI is InChI=1S/C24H27N3O5.ClH/c1-25(22(17-26-15-7-8-16-26)19-9-3-2-4-10-19)23(28)18-32-24(29)14-13-20-11-5-6-12-21(20)27(30)31;/h2-6,9-14,22H,7-8,15-18H2,1H3;1H/b14-13+;/t22-;/m1./s1. The van der Waals surface area contributed by atoms with E-state index in [0.29, 0.717) is 0 Å². The molecule has 1 amide bonds. The number of halogens is 1. The lowest BCUT2D eigenvalue weighted by molar-refractivity contribution is -0.385. The molecule has 1 saturated heterocycles. The summed E-state index contributed by atoms with van der Waals surface area (Å²) in [4.78, 5) is 39.4. The Labute approximate surface area is 199 Å². The van der Waals surface area contributed by atoms with Crippen LogP contribution in [0.15, 0.2) is 60.7 Å². The van der Waals surface area contributed by atoms with Crippen LogP contribution in [0.5, 0.6) is 0 Å². The van der Waals surface area contributed by atoms with Crippen molar-refractivity contribution >= 4 is 36.0 Å². The molecule has 0 bridgehead atoms. The SMILES string of the molecule is CN(C(=O)COC(=O)/C=C/c1ccccc1[N+](=O)[O-])[C@H](CN1CCCC1)c1ccccc1.Cl. The maximum atomic E-state index is 12.8. The Kier molecular flexibility index (Phi) is 10.0. The third kappa shape index (κ3) is 7.40. The van der Waals surface area contributed by atoms with Crippen LogP contribution in [-0.2, 0) is 14.3 Å². The van der Waals surface area contributed by atoms with Gasteiger partial charge in [-0.2, -0.15) is 0 Å². The predicted octanol–water partition coefficient (Wildman–Crippen LogP) is 3.87. The van der Waals surface area contributed by atoms with Crippen LogP contribution in [0.2, 0.25) is 0 Å². The number of likely N-dealkylation sites (N-methyl/N-ethyl adjacent to an activating group) is 1. The van der Waals surface area contributed by atoms with Gasteiger partial charge in [-0.05, 0) is 43.6 Å². The average molecular weight is 474 g/mol. The van der Waals surface area contributed by atoms with Crippen LogP contribution in [0.3, 0.4) is 0 Å². The lowest BCUT2D eigenvalue weighted by Crippen LogP contribution is -2.40. The van der Waals surface area contributed by atoms with Crippen molar-refractivity contribution in [1.29, 1.82) is 0 Å². The van der Waals surface area contributed by atoms with Gasteiger partial charge in [0.15, 0.2) is 6.61 Å². The van der Waals surface area contributed by atoms with Crippen LogP contribution in [0.1, 0.15) is 30.0 Å². The summed E-state index contributed by atoms with van der Waals surface area (Å²) < 4.78 is 5.10. The van der Waals surface area contributed by atoms with Gasteiger partial charge in [-0.25, -0.2) is 4.79 Å². The smallest absolute Gasteiger partial charge is 0.331 e. The van der Waals surface area contributed by atoms with Crippen molar-refractivity contribution in [2.24, 2.45) is 0 Å². The fourth-order valence-corrected chi connectivity index (χ4v) is 3.75. The maximum absolute atomic E-state index is 12.8. The molecule has 3 rings (SSSR count). The number of nitro groups is 1. The van der Waals surface area contributed by atoms with Gasteiger partial charge in [0, 0.05) is 25.7 Å². The molecule has 33 heavy (non-hydrogen) atoms. The number of benzene rings is 2. The van der Waals surface area contributed by atoms with Gasteiger partial charge in [-0.15, -0.1) is 12.4 Å². The minimum absolute atomic E-state index is 0. The second-order valence-corrected chi connectivity index (χ2v) is 7.70. The number of hydrogen-bond donors (Lipinski definition) is 0. The van der Waals surface area contributed by atoms with E-state index in [4.69, 9.17) is 4.74 Å². The van der Waals surface area contributed by atoms with E-state index in [0.717, 1.165) is 44.1 Å². The first-order valence-electron chi connectivity index (χ1n) is 10.6. The molecule has 0 saturated carbocycles. The highest BCUT2D eigenvalue weighted by Gasteiger charge is 2.26. The van der Waals surface area contributed by atoms with E-state index < -0.39 is 17.5 Å². The molecule has 0 spiro atoms. The number of amides is 1. The van der Waals surface area contributed by atoms with Crippen molar-refractivity contribution in [1.82, 2.24) is 9.80 Å². The van der Waals surface area contributed by atoms with E-state index in [1.807, 2.05) is 30.3 Å². The first-order chi connectivity index (χ1) is 15.5. The minimum Gasteiger partial charge on any atom is -0.452 e. The molecule has 1 heterocycles. The van der Waals surface area contributed by atoms with Gasteiger partial charge in [0.2, 0.25) is 0 Å². The summed E-state index contributed by atoms with van der Waals surface area (Å²) >= 11 is 0. The molecule has 8 nitrogen and oxygen atoms in total.